The maximum absolute atomic E-state index is 12.9. The molecule has 0 bridgehead atoms. The highest BCUT2D eigenvalue weighted by Crippen LogP contribution is 2.57. The smallest absolute Gasteiger partial charge is 0.354 e. The maximum atomic E-state index is 12.9. The van der Waals surface area contributed by atoms with Crippen molar-refractivity contribution in [2.75, 3.05) is 12.9 Å². The standard InChI is InChI=1S/C18H27N3O4S/c1-3-25-14(22)6-11-20-15(23)19-16(26-2)21(17(20)24)12-13-4-7-18(8-5-13)9-10-18/h13H,3-12H2,1-2H3. The van der Waals surface area contributed by atoms with Gasteiger partial charge in [-0.3, -0.25) is 9.36 Å². The molecular weight excluding hydrogens is 354 g/mol. The lowest BCUT2D eigenvalue weighted by Crippen LogP contribution is -2.44. The van der Waals surface area contributed by atoms with Gasteiger partial charge in [-0.05, 0) is 63.0 Å². The van der Waals surface area contributed by atoms with Crippen LogP contribution in [0, 0.1) is 11.3 Å². The second-order valence-corrected chi connectivity index (χ2v) is 8.20. The summed E-state index contributed by atoms with van der Waals surface area (Å²) in [6.45, 7) is 2.61. The van der Waals surface area contributed by atoms with Crippen molar-refractivity contribution in [3.8, 4) is 0 Å². The molecule has 2 fully saturated rings. The zero-order valence-electron chi connectivity index (χ0n) is 15.5. The molecule has 1 aromatic heterocycles. The third kappa shape index (κ3) is 4.22. The summed E-state index contributed by atoms with van der Waals surface area (Å²) in [5.41, 5.74) is -0.355. The van der Waals surface area contributed by atoms with E-state index in [2.05, 4.69) is 4.98 Å². The van der Waals surface area contributed by atoms with E-state index in [1.54, 1.807) is 11.5 Å². The van der Waals surface area contributed by atoms with Crippen molar-refractivity contribution in [2.45, 2.75) is 70.1 Å². The lowest BCUT2D eigenvalue weighted by Gasteiger charge is -2.29. The summed E-state index contributed by atoms with van der Waals surface area (Å²) in [7, 11) is 0. The van der Waals surface area contributed by atoms with Crippen molar-refractivity contribution >= 4 is 17.7 Å². The minimum atomic E-state index is -0.597. The van der Waals surface area contributed by atoms with Crippen molar-refractivity contribution < 1.29 is 9.53 Å². The summed E-state index contributed by atoms with van der Waals surface area (Å²) < 4.78 is 7.55. The van der Waals surface area contributed by atoms with Gasteiger partial charge >= 0.3 is 17.3 Å². The van der Waals surface area contributed by atoms with Crippen LogP contribution in [-0.4, -0.2) is 33.0 Å². The summed E-state index contributed by atoms with van der Waals surface area (Å²) in [5, 5.41) is 0.457. The van der Waals surface area contributed by atoms with Crippen LogP contribution in [0.4, 0.5) is 0 Å². The van der Waals surface area contributed by atoms with Crippen LogP contribution in [0.2, 0.25) is 0 Å². The molecule has 1 spiro atoms. The van der Waals surface area contributed by atoms with E-state index in [9.17, 15) is 14.4 Å². The van der Waals surface area contributed by atoms with Crippen LogP contribution in [0.5, 0.6) is 0 Å². The first kappa shape index (κ1) is 19.2. The molecule has 7 nitrogen and oxygen atoms in total. The Morgan fingerprint density at radius 1 is 1.23 bits per heavy atom. The van der Waals surface area contributed by atoms with Crippen molar-refractivity contribution in [3.63, 3.8) is 0 Å². The number of ether oxygens (including phenoxy) is 1. The molecule has 2 aliphatic carbocycles. The van der Waals surface area contributed by atoms with Crippen LogP contribution < -0.4 is 11.4 Å². The Labute approximate surface area is 157 Å². The van der Waals surface area contributed by atoms with Gasteiger partial charge in [0.1, 0.15) is 0 Å². The second kappa shape index (κ2) is 7.98. The first-order valence-electron chi connectivity index (χ1n) is 9.39. The van der Waals surface area contributed by atoms with Gasteiger partial charge in [-0.15, -0.1) is 0 Å². The van der Waals surface area contributed by atoms with Crippen LogP contribution in [-0.2, 0) is 22.6 Å². The normalized spacial score (nSPS) is 18.8. The highest BCUT2D eigenvalue weighted by molar-refractivity contribution is 7.98. The minimum absolute atomic E-state index is 0.00473. The predicted octanol–water partition coefficient (Wildman–Crippen LogP) is 2.05. The molecule has 0 N–H and O–H groups in total. The molecule has 0 aromatic carbocycles. The van der Waals surface area contributed by atoms with Gasteiger partial charge < -0.3 is 4.74 Å². The minimum Gasteiger partial charge on any atom is -0.466 e. The van der Waals surface area contributed by atoms with Gasteiger partial charge in [-0.1, -0.05) is 11.8 Å². The van der Waals surface area contributed by atoms with Crippen molar-refractivity contribution in [2.24, 2.45) is 11.3 Å². The Bertz CT molecular complexity index is 772. The first-order chi connectivity index (χ1) is 12.5. The molecule has 0 aliphatic heterocycles. The first-order valence-corrected chi connectivity index (χ1v) is 10.6. The van der Waals surface area contributed by atoms with E-state index < -0.39 is 11.7 Å². The van der Waals surface area contributed by atoms with Crippen LogP contribution in [0.3, 0.4) is 0 Å². The summed E-state index contributed by atoms with van der Waals surface area (Å²) in [5.74, 6) is 0.0314. The number of nitrogens with zero attached hydrogens (tertiary/aromatic N) is 3. The highest BCUT2D eigenvalue weighted by atomic mass is 32.2. The summed E-state index contributed by atoms with van der Waals surface area (Å²) in [6, 6.07) is 0. The van der Waals surface area contributed by atoms with E-state index in [0.29, 0.717) is 23.0 Å². The maximum Gasteiger partial charge on any atom is 0.354 e. The zero-order valence-corrected chi connectivity index (χ0v) is 16.3. The number of rotatable bonds is 7. The molecule has 2 aliphatic rings. The highest BCUT2D eigenvalue weighted by Gasteiger charge is 2.44. The number of thioether (sulfide) groups is 1. The van der Waals surface area contributed by atoms with Gasteiger partial charge in [0.15, 0.2) is 5.16 Å². The van der Waals surface area contributed by atoms with Crippen LogP contribution in [0.15, 0.2) is 14.7 Å². The Morgan fingerprint density at radius 2 is 1.92 bits per heavy atom. The Balaban J connectivity index is 1.77. The summed E-state index contributed by atoms with van der Waals surface area (Å²) in [6.07, 6.45) is 9.28. The SMILES string of the molecule is CCOC(=O)CCn1c(=O)nc(SC)n(CC2CCC3(CC2)CC3)c1=O. The lowest BCUT2D eigenvalue weighted by molar-refractivity contribution is -0.143. The molecule has 0 radical (unpaired) electrons. The number of hydrogen-bond donors (Lipinski definition) is 0. The Morgan fingerprint density at radius 3 is 2.50 bits per heavy atom. The van der Waals surface area contributed by atoms with Gasteiger partial charge in [-0.25, -0.2) is 14.2 Å². The molecule has 0 saturated heterocycles. The van der Waals surface area contributed by atoms with E-state index in [4.69, 9.17) is 4.74 Å². The molecule has 144 valence electrons. The second-order valence-electron chi connectivity index (χ2n) is 7.42. The fourth-order valence-corrected chi connectivity index (χ4v) is 4.40. The van der Waals surface area contributed by atoms with E-state index in [1.807, 2.05) is 6.26 Å². The molecule has 8 heteroatoms. The third-order valence-electron chi connectivity index (χ3n) is 5.71. The lowest BCUT2D eigenvalue weighted by atomic mass is 9.80. The van der Waals surface area contributed by atoms with Gasteiger partial charge in [-0.2, -0.15) is 4.98 Å². The Hall–Kier alpha value is -1.57. The van der Waals surface area contributed by atoms with Crippen molar-refractivity contribution in [1.82, 2.24) is 14.1 Å². The third-order valence-corrected chi connectivity index (χ3v) is 6.38. The van der Waals surface area contributed by atoms with Crippen LogP contribution in [0.1, 0.15) is 51.9 Å². The summed E-state index contributed by atoms with van der Waals surface area (Å²) in [4.78, 5) is 40.7. The number of esters is 1. The number of hydrogen-bond acceptors (Lipinski definition) is 6. The molecule has 2 saturated carbocycles. The number of carbonyl (C=O) groups excluding carboxylic acids is 1. The van der Waals surface area contributed by atoms with E-state index in [-0.39, 0.29) is 25.3 Å². The van der Waals surface area contributed by atoms with Crippen molar-refractivity contribution in [1.29, 1.82) is 0 Å². The van der Waals surface area contributed by atoms with Crippen molar-refractivity contribution in [3.05, 3.63) is 21.0 Å². The van der Waals surface area contributed by atoms with Crippen LogP contribution in [0.25, 0.3) is 0 Å². The molecule has 3 rings (SSSR count). The predicted molar refractivity (Wildman–Crippen MR) is 99.4 cm³/mol. The van der Waals surface area contributed by atoms with Gasteiger partial charge in [0, 0.05) is 13.1 Å². The quantitative estimate of drug-likeness (QED) is 0.531. The number of aromatic nitrogens is 3. The summed E-state index contributed by atoms with van der Waals surface area (Å²) >= 11 is 1.31. The van der Waals surface area contributed by atoms with E-state index in [0.717, 1.165) is 17.4 Å². The zero-order chi connectivity index (χ0) is 18.7. The molecule has 0 atom stereocenters. The topological polar surface area (TPSA) is 83.2 Å². The van der Waals surface area contributed by atoms with Gasteiger partial charge in [0.25, 0.3) is 0 Å². The van der Waals surface area contributed by atoms with E-state index in [1.165, 1.54) is 37.4 Å². The molecule has 1 heterocycles. The van der Waals surface area contributed by atoms with E-state index >= 15 is 0 Å². The largest absolute Gasteiger partial charge is 0.466 e. The fraction of sp³-hybridized carbons (Fsp3) is 0.778. The average molecular weight is 381 g/mol. The molecular formula is C18H27N3O4S. The fourth-order valence-electron chi connectivity index (χ4n) is 3.86. The number of carbonyl (C=O) groups is 1. The monoisotopic (exact) mass is 381 g/mol. The Kier molecular flexibility index (Phi) is 5.89. The van der Waals surface area contributed by atoms with Gasteiger partial charge in [0.05, 0.1) is 13.0 Å². The average Bonchev–Trinajstić information content (AvgIpc) is 3.38. The molecule has 0 unspecified atom stereocenters. The molecule has 0 amide bonds. The van der Waals surface area contributed by atoms with Crippen LogP contribution >= 0.6 is 11.8 Å². The van der Waals surface area contributed by atoms with Gasteiger partial charge in [0.2, 0.25) is 0 Å². The molecule has 1 aromatic rings. The molecule has 26 heavy (non-hydrogen) atoms.